The highest BCUT2D eigenvalue weighted by atomic mass is 16.6. The summed E-state index contributed by atoms with van der Waals surface area (Å²) in [6, 6.07) is 0. The van der Waals surface area contributed by atoms with Crippen LogP contribution in [0.1, 0.15) is 54.9 Å². The number of hydrogen-bond donors (Lipinski definition) is 4. The normalized spacial score (nSPS) is 12.3. The molecule has 0 radical (unpaired) electrons. The zero-order valence-electron chi connectivity index (χ0n) is 17.4. The van der Waals surface area contributed by atoms with Crippen molar-refractivity contribution in [3.8, 4) is 0 Å². The zero-order valence-corrected chi connectivity index (χ0v) is 17.4. The number of guanidine groups is 1. The second kappa shape index (κ2) is 11.6. The summed E-state index contributed by atoms with van der Waals surface area (Å²) in [7, 11) is 0. The van der Waals surface area contributed by atoms with E-state index in [0.717, 1.165) is 6.54 Å². The van der Waals surface area contributed by atoms with E-state index in [9.17, 15) is 9.59 Å². The average Bonchev–Trinajstić information content (AvgIpc) is 2.47. The van der Waals surface area contributed by atoms with Crippen LogP contribution in [-0.2, 0) is 9.53 Å². The van der Waals surface area contributed by atoms with Gasteiger partial charge >= 0.3 is 6.09 Å². The van der Waals surface area contributed by atoms with E-state index in [4.69, 9.17) is 4.74 Å². The molecule has 0 unspecified atom stereocenters. The van der Waals surface area contributed by atoms with Crippen molar-refractivity contribution in [3.05, 3.63) is 0 Å². The molecule has 0 saturated heterocycles. The number of alkyl carbamates (subject to hydrolysis) is 1. The van der Waals surface area contributed by atoms with Crippen LogP contribution < -0.4 is 21.3 Å². The van der Waals surface area contributed by atoms with Crippen LogP contribution in [0, 0.1) is 5.41 Å². The maximum Gasteiger partial charge on any atom is 0.407 e. The number of carbonyl (C=O) groups is 2. The Morgan fingerprint density at radius 2 is 1.50 bits per heavy atom. The summed E-state index contributed by atoms with van der Waals surface area (Å²) >= 11 is 0. The summed E-state index contributed by atoms with van der Waals surface area (Å²) in [5.41, 5.74) is -0.882. The van der Waals surface area contributed by atoms with Crippen LogP contribution in [-0.4, -0.2) is 56.3 Å². The van der Waals surface area contributed by atoms with E-state index in [0.29, 0.717) is 38.6 Å². The molecule has 0 fully saturated rings. The molecule has 26 heavy (non-hydrogen) atoms. The van der Waals surface area contributed by atoms with E-state index in [2.05, 4.69) is 26.3 Å². The van der Waals surface area contributed by atoms with Crippen molar-refractivity contribution in [2.24, 2.45) is 10.4 Å². The highest BCUT2D eigenvalue weighted by molar-refractivity contribution is 5.81. The lowest BCUT2D eigenvalue weighted by Gasteiger charge is -2.19. The first-order chi connectivity index (χ1) is 12.0. The monoisotopic (exact) mass is 371 g/mol. The summed E-state index contributed by atoms with van der Waals surface area (Å²) in [4.78, 5) is 27.8. The molecule has 2 amide bonds. The predicted octanol–water partition coefficient (Wildman–Crippen LogP) is 1.62. The molecule has 0 atom stereocenters. The Morgan fingerprint density at radius 3 is 2.04 bits per heavy atom. The van der Waals surface area contributed by atoms with Crippen molar-refractivity contribution in [2.45, 2.75) is 60.5 Å². The third-order valence-corrected chi connectivity index (χ3v) is 3.00. The van der Waals surface area contributed by atoms with Crippen LogP contribution in [0.3, 0.4) is 0 Å². The van der Waals surface area contributed by atoms with Crippen LogP contribution in [0.4, 0.5) is 4.79 Å². The summed E-state index contributed by atoms with van der Waals surface area (Å²) in [6.45, 7) is 16.0. The van der Waals surface area contributed by atoms with Gasteiger partial charge in [-0.3, -0.25) is 9.79 Å². The number of rotatable bonds is 8. The molecule has 152 valence electrons. The Labute approximate surface area is 157 Å². The number of aliphatic imine (C=N–C) groups is 1. The predicted molar refractivity (Wildman–Crippen MR) is 105 cm³/mol. The number of carbonyl (C=O) groups excluding carboxylic acids is 2. The van der Waals surface area contributed by atoms with E-state index in [1.807, 2.05) is 48.5 Å². The number of hydrogen-bond acceptors (Lipinski definition) is 4. The molecule has 4 N–H and O–H groups in total. The molecular weight excluding hydrogens is 334 g/mol. The lowest BCUT2D eigenvalue weighted by atomic mass is 9.96. The standard InChI is InChI=1S/C18H37N5O3/c1-8-19-15(22-13-12-20-14(24)17(2,3)4)21-10-9-11-23-16(25)26-18(5,6)7/h8-13H2,1-7H3,(H,20,24)(H,23,25)(H2,19,21,22). The first-order valence-electron chi connectivity index (χ1n) is 9.23. The van der Waals surface area contributed by atoms with Gasteiger partial charge in [0.2, 0.25) is 5.91 Å². The smallest absolute Gasteiger partial charge is 0.407 e. The number of ether oxygens (including phenoxy) is 1. The van der Waals surface area contributed by atoms with Crippen LogP contribution in [0.15, 0.2) is 4.99 Å². The molecule has 8 nitrogen and oxygen atoms in total. The summed E-state index contributed by atoms with van der Waals surface area (Å²) < 4.78 is 5.17. The Kier molecular flexibility index (Phi) is 10.7. The van der Waals surface area contributed by atoms with Gasteiger partial charge in [0, 0.05) is 38.1 Å². The Morgan fingerprint density at radius 1 is 0.885 bits per heavy atom. The number of amides is 2. The molecule has 0 heterocycles. The molecule has 0 aromatic heterocycles. The molecule has 0 spiro atoms. The lowest BCUT2D eigenvalue weighted by Crippen LogP contribution is -2.43. The molecule has 0 aliphatic heterocycles. The van der Waals surface area contributed by atoms with Gasteiger partial charge in [-0.2, -0.15) is 0 Å². The lowest BCUT2D eigenvalue weighted by molar-refractivity contribution is -0.128. The van der Waals surface area contributed by atoms with Gasteiger partial charge in [-0.15, -0.1) is 0 Å². The van der Waals surface area contributed by atoms with E-state index in [1.54, 1.807) is 0 Å². The fourth-order valence-electron chi connectivity index (χ4n) is 1.74. The highest BCUT2D eigenvalue weighted by Gasteiger charge is 2.20. The van der Waals surface area contributed by atoms with Crippen molar-refractivity contribution in [1.29, 1.82) is 0 Å². The number of nitrogens with one attached hydrogen (secondary N) is 4. The summed E-state index contributed by atoms with van der Waals surface area (Å²) in [5.74, 6) is 0.712. The van der Waals surface area contributed by atoms with Gasteiger partial charge in [0.25, 0.3) is 0 Å². The second-order valence-corrected chi connectivity index (χ2v) is 7.98. The second-order valence-electron chi connectivity index (χ2n) is 7.98. The van der Waals surface area contributed by atoms with Crippen molar-refractivity contribution in [2.75, 3.05) is 32.7 Å². The Bertz CT molecular complexity index is 464. The molecule has 0 bridgehead atoms. The van der Waals surface area contributed by atoms with Gasteiger partial charge < -0.3 is 26.0 Å². The molecule has 0 aliphatic rings. The zero-order chi connectivity index (χ0) is 20.2. The van der Waals surface area contributed by atoms with E-state index in [1.165, 1.54) is 0 Å². The topological polar surface area (TPSA) is 104 Å². The van der Waals surface area contributed by atoms with Crippen molar-refractivity contribution in [1.82, 2.24) is 21.3 Å². The summed E-state index contributed by atoms with van der Waals surface area (Å²) in [6.07, 6.45) is 0.289. The van der Waals surface area contributed by atoms with Gasteiger partial charge in [0.05, 0.1) is 0 Å². The van der Waals surface area contributed by atoms with E-state index in [-0.39, 0.29) is 11.3 Å². The molecule has 0 rings (SSSR count). The molecule has 8 heteroatoms. The van der Waals surface area contributed by atoms with Crippen molar-refractivity contribution in [3.63, 3.8) is 0 Å². The van der Waals surface area contributed by atoms with Crippen LogP contribution >= 0.6 is 0 Å². The molecule has 0 aromatic carbocycles. The fourth-order valence-corrected chi connectivity index (χ4v) is 1.74. The van der Waals surface area contributed by atoms with Crippen molar-refractivity contribution >= 4 is 18.0 Å². The SMILES string of the molecule is CCNC(=NCCCNC(=O)OC(C)(C)C)NCCNC(=O)C(C)(C)C. The molecular formula is C18H37N5O3. The fraction of sp³-hybridized carbons (Fsp3) is 0.833. The van der Waals surface area contributed by atoms with Gasteiger partial charge in [0.15, 0.2) is 5.96 Å². The summed E-state index contributed by atoms with van der Waals surface area (Å²) in [5, 5.41) is 11.9. The Balaban J connectivity index is 4.06. The van der Waals surface area contributed by atoms with Gasteiger partial charge in [-0.1, -0.05) is 20.8 Å². The minimum Gasteiger partial charge on any atom is -0.444 e. The first-order valence-corrected chi connectivity index (χ1v) is 9.23. The van der Waals surface area contributed by atoms with Crippen LogP contribution in [0.2, 0.25) is 0 Å². The van der Waals surface area contributed by atoms with Gasteiger partial charge in [-0.25, -0.2) is 4.79 Å². The van der Waals surface area contributed by atoms with Crippen molar-refractivity contribution < 1.29 is 14.3 Å². The molecule has 0 aromatic rings. The molecule has 0 aliphatic carbocycles. The minimum absolute atomic E-state index is 0.0226. The van der Waals surface area contributed by atoms with Crippen LogP contribution in [0.5, 0.6) is 0 Å². The van der Waals surface area contributed by atoms with E-state index < -0.39 is 11.7 Å². The average molecular weight is 372 g/mol. The highest BCUT2D eigenvalue weighted by Crippen LogP contribution is 2.11. The molecule has 0 saturated carbocycles. The third kappa shape index (κ3) is 13.3. The maximum atomic E-state index is 11.8. The van der Waals surface area contributed by atoms with E-state index >= 15 is 0 Å². The van der Waals surface area contributed by atoms with Crippen LogP contribution in [0.25, 0.3) is 0 Å². The van der Waals surface area contributed by atoms with Gasteiger partial charge in [0.1, 0.15) is 5.60 Å². The largest absolute Gasteiger partial charge is 0.444 e. The quantitative estimate of drug-likeness (QED) is 0.295. The van der Waals surface area contributed by atoms with Gasteiger partial charge in [-0.05, 0) is 34.1 Å². The number of nitrogens with zero attached hydrogens (tertiary/aromatic N) is 1. The Hall–Kier alpha value is -1.99. The third-order valence-electron chi connectivity index (χ3n) is 3.00. The maximum absolute atomic E-state index is 11.8. The first kappa shape index (κ1) is 24.0. The minimum atomic E-state index is -0.493.